The molecule has 0 aliphatic carbocycles. The van der Waals surface area contributed by atoms with Crippen molar-refractivity contribution in [2.75, 3.05) is 0 Å². The first-order chi connectivity index (χ1) is 2.50. The van der Waals surface area contributed by atoms with Gasteiger partial charge in [-0.2, -0.15) is 11.3 Å². The molecule has 0 nitrogen and oxygen atoms in total. The molecule has 1 aromatic heterocycles. The molecule has 0 N–H and O–H groups in total. The largest absolute Gasteiger partial charge is 1.00 e. The minimum absolute atomic E-state index is 0. The summed E-state index contributed by atoms with van der Waals surface area (Å²) in [6, 6.07) is 4.04. The predicted molar refractivity (Wildman–Crippen MR) is 25.4 cm³/mol. The molecule has 2 heteroatoms. The van der Waals surface area contributed by atoms with Gasteiger partial charge in [-0.3, -0.25) is 0 Å². The van der Waals surface area contributed by atoms with E-state index in [2.05, 4.69) is 0 Å². The van der Waals surface area contributed by atoms with E-state index in [-0.39, 0.29) is 31.0 Å². The Hall–Kier alpha value is 0.700. The van der Waals surface area contributed by atoms with Gasteiger partial charge in [-0.05, 0) is 10.8 Å². The SMILES string of the molecule is [H-].[Na+].c1ccsc1. The molecule has 1 rings (SSSR count). The molecule has 0 fully saturated rings. The summed E-state index contributed by atoms with van der Waals surface area (Å²) in [6.45, 7) is 0. The zero-order valence-electron chi connectivity index (χ0n) is 4.72. The number of hydrogen-bond acceptors (Lipinski definition) is 1. The van der Waals surface area contributed by atoms with Gasteiger partial charge in [0, 0.05) is 0 Å². The van der Waals surface area contributed by atoms with Crippen molar-refractivity contribution in [2.24, 2.45) is 0 Å². The molecule has 0 unspecified atom stereocenters. The molecule has 0 radical (unpaired) electrons. The first kappa shape index (κ1) is 6.70. The van der Waals surface area contributed by atoms with Crippen molar-refractivity contribution in [2.45, 2.75) is 0 Å². The maximum atomic E-state index is 2.04. The van der Waals surface area contributed by atoms with Crippen LogP contribution in [-0.2, 0) is 0 Å². The molecule has 0 saturated heterocycles. The second-order valence-electron chi connectivity index (χ2n) is 0.793. The van der Waals surface area contributed by atoms with Crippen LogP contribution in [0.15, 0.2) is 22.9 Å². The Balaban J connectivity index is 0. The fraction of sp³-hybridized carbons (Fsp3) is 0. The summed E-state index contributed by atoms with van der Waals surface area (Å²) in [7, 11) is 0. The molecule has 6 heavy (non-hydrogen) atoms. The average Bonchev–Trinajstić information content (AvgIpc) is 1.76. The second kappa shape index (κ2) is 3.88. The van der Waals surface area contributed by atoms with Gasteiger partial charge < -0.3 is 1.43 Å². The molecule has 0 aromatic carbocycles. The first-order valence-electron chi connectivity index (χ1n) is 1.47. The number of hydrogen-bond donors (Lipinski definition) is 0. The first-order valence-corrected chi connectivity index (χ1v) is 2.41. The van der Waals surface area contributed by atoms with E-state index in [9.17, 15) is 0 Å². The maximum absolute atomic E-state index is 2.04. The van der Waals surface area contributed by atoms with Gasteiger partial charge in [0.25, 0.3) is 0 Å². The van der Waals surface area contributed by atoms with Crippen LogP contribution >= 0.6 is 11.3 Å². The van der Waals surface area contributed by atoms with Gasteiger partial charge in [-0.25, -0.2) is 0 Å². The summed E-state index contributed by atoms with van der Waals surface area (Å²) in [6.07, 6.45) is 0. The Morgan fingerprint density at radius 1 is 1.17 bits per heavy atom. The molecule has 0 amide bonds. The smallest absolute Gasteiger partial charge is 1.00 e. The molecule has 0 spiro atoms. The van der Waals surface area contributed by atoms with Crippen LogP contribution in [0, 0.1) is 0 Å². The van der Waals surface area contributed by atoms with Crippen molar-refractivity contribution < 1.29 is 31.0 Å². The van der Waals surface area contributed by atoms with Crippen LogP contribution in [0.5, 0.6) is 0 Å². The zero-order chi connectivity index (χ0) is 3.54. The Kier molecular flexibility index (Phi) is 4.33. The molecule has 1 aromatic rings. The Bertz CT molecular complexity index is 68.2. The normalized spacial score (nSPS) is 6.67. The molecule has 0 aliphatic heterocycles. The fourth-order valence-corrected chi connectivity index (χ4v) is 0.680. The van der Waals surface area contributed by atoms with Gasteiger partial charge in [-0.1, -0.05) is 12.1 Å². The average molecular weight is 108 g/mol. The maximum Gasteiger partial charge on any atom is 1.00 e. The van der Waals surface area contributed by atoms with Gasteiger partial charge in [0.1, 0.15) is 0 Å². The van der Waals surface area contributed by atoms with E-state index in [1.165, 1.54) is 0 Å². The third kappa shape index (κ3) is 1.98. The standard InChI is InChI=1S/C4H4S.Na.H/c1-2-4-5-3-1;;/h1-4H;;/q;+1;-1. The van der Waals surface area contributed by atoms with E-state index in [0.717, 1.165) is 0 Å². The minimum atomic E-state index is 0. The van der Waals surface area contributed by atoms with Crippen LogP contribution in [-0.4, -0.2) is 0 Å². The van der Waals surface area contributed by atoms with Crippen molar-refractivity contribution >= 4 is 11.3 Å². The molecule has 28 valence electrons. The third-order valence-electron chi connectivity index (χ3n) is 0.425. The van der Waals surface area contributed by atoms with E-state index in [0.29, 0.717) is 0 Å². The second-order valence-corrected chi connectivity index (χ2v) is 1.61. The van der Waals surface area contributed by atoms with E-state index in [4.69, 9.17) is 0 Å². The molecule has 0 bridgehead atoms. The third-order valence-corrected chi connectivity index (χ3v) is 1.05. The Labute approximate surface area is 65.0 Å². The van der Waals surface area contributed by atoms with Crippen molar-refractivity contribution in [3.63, 3.8) is 0 Å². The summed E-state index contributed by atoms with van der Waals surface area (Å²) in [4.78, 5) is 0. The van der Waals surface area contributed by atoms with Crippen LogP contribution in [0.3, 0.4) is 0 Å². The van der Waals surface area contributed by atoms with Gasteiger partial charge in [0.05, 0.1) is 0 Å². The molecular formula is C4H5NaS. The molecule has 0 saturated carbocycles. The Morgan fingerprint density at radius 2 is 1.67 bits per heavy atom. The van der Waals surface area contributed by atoms with Gasteiger partial charge in [0.15, 0.2) is 0 Å². The van der Waals surface area contributed by atoms with E-state index in [1.807, 2.05) is 22.9 Å². The van der Waals surface area contributed by atoms with Crippen molar-refractivity contribution in [3.05, 3.63) is 22.9 Å². The van der Waals surface area contributed by atoms with Gasteiger partial charge in [-0.15, -0.1) is 0 Å². The summed E-state index contributed by atoms with van der Waals surface area (Å²) in [5.74, 6) is 0. The summed E-state index contributed by atoms with van der Waals surface area (Å²) in [5.41, 5.74) is 0. The molecule has 0 aliphatic rings. The number of thiophene rings is 1. The van der Waals surface area contributed by atoms with Crippen molar-refractivity contribution in [1.82, 2.24) is 0 Å². The van der Waals surface area contributed by atoms with E-state index in [1.54, 1.807) is 11.3 Å². The van der Waals surface area contributed by atoms with E-state index >= 15 is 0 Å². The summed E-state index contributed by atoms with van der Waals surface area (Å²) >= 11 is 1.71. The predicted octanol–water partition coefficient (Wildman–Crippen LogP) is -1.14. The van der Waals surface area contributed by atoms with E-state index < -0.39 is 0 Å². The van der Waals surface area contributed by atoms with Crippen molar-refractivity contribution in [1.29, 1.82) is 0 Å². The summed E-state index contributed by atoms with van der Waals surface area (Å²) < 4.78 is 0. The van der Waals surface area contributed by atoms with Crippen molar-refractivity contribution in [3.8, 4) is 0 Å². The van der Waals surface area contributed by atoms with Crippen LogP contribution in [0.2, 0.25) is 0 Å². The van der Waals surface area contributed by atoms with Crippen LogP contribution in [0.25, 0.3) is 0 Å². The number of rotatable bonds is 0. The molecular weight excluding hydrogens is 103 g/mol. The fourth-order valence-electron chi connectivity index (χ4n) is 0.227. The van der Waals surface area contributed by atoms with Crippen LogP contribution in [0.1, 0.15) is 1.43 Å². The molecule has 1 heterocycles. The van der Waals surface area contributed by atoms with Crippen LogP contribution < -0.4 is 29.6 Å². The van der Waals surface area contributed by atoms with Crippen LogP contribution in [0.4, 0.5) is 0 Å². The monoisotopic (exact) mass is 108 g/mol. The zero-order valence-corrected chi connectivity index (χ0v) is 6.53. The topological polar surface area (TPSA) is 0 Å². The van der Waals surface area contributed by atoms with Gasteiger partial charge >= 0.3 is 29.6 Å². The van der Waals surface area contributed by atoms with Gasteiger partial charge in [0.2, 0.25) is 0 Å². The molecule has 0 atom stereocenters. The minimum Gasteiger partial charge on any atom is -1.00 e. The summed E-state index contributed by atoms with van der Waals surface area (Å²) in [5, 5.41) is 4.08. The quantitative estimate of drug-likeness (QED) is 0.369. The Morgan fingerprint density at radius 3 is 1.83 bits per heavy atom.